The molecule has 0 unspecified atom stereocenters. The molecule has 1 aromatic rings. The second kappa shape index (κ2) is 12.6. The minimum atomic E-state index is -0.270. The minimum Gasteiger partial charge on any atom is -0.496 e. The van der Waals surface area contributed by atoms with Gasteiger partial charge in [-0.05, 0) is 45.5 Å². The average Bonchev–Trinajstić information content (AvgIpc) is 3.05. The number of likely N-dealkylation sites (N-methyl/N-ethyl adjacent to an activating group) is 1. The van der Waals surface area contributed by atoms with Gasteiger partial charge in [0.25, 0.3) is 5.91 Å². The number of nitrogens with zero attached hydrogens (tertiary/aromatic N) is 3. The summed E-state index contributed by atoms with van der Waals surface area (Å²) < 4.78 is 11.0. The fraction of sp³-hybridized carbons (Fsp3) is 0.667. The molecule has 1 aromatic carbocycles. The Labute approximate surface area is 207 Å². The highest BCUT2D eigenvalue weighted by Crippen LogP contribution is 2.29. The van der Waals surface area contributed by atoms with E-state index in [0.717, 1.165) is 58.5 Å². The van der Waals surface area contributed by atoms with Gasteiger partial charge < -0.3 is 35.2 Å². The van der Waals surface area contributed by atoms with Crippen LogP contribution in [0.2, 0.25) is 5.02 Å². The molecule has 3 rings (SSSR count). The molecule has 2 fully saturated rings. The van der Waals surface area contributed by atoms with Gasteiger partial charge in [-0.2, -0.15) is 0 Å². The SMILES string of the molecule is COc1cc(N)c(Cl)cc1C(=O)N[C@@H]1CCN(CCCC(=O)N2CCCN(C)CC2)C[C@@H]1OC. The summed E-state index contributed by atoms with van der Waals surface area (Å²) in [6, 6.07) is 2.95. The standard InChI is InChI=1S/C24H38ClN5O4/c1-28-8-5-10-30(13-12-28)23(31)6-4-9-29-11-7-20(22(16-29)34-3)27-24(32)17-14-18(25)19(26)15-21(17)33-2/h14-15,20,22H,4-13,16,26H2,1-3H3,(H,27,32)/t20-,22+/m1/s1. The van der Waals surface area contributed by atoms with E-state index in [9.17, 15) is 9.59 Å². The number of nitrogens with two attached hydrogens (primary N) is 1. The van der Waals surface area contributed by atoms with Crippen molar-refractivity contribution in [2.45, 2.75) is 37.8 Å². The van der Waals surface area contributed by atoms with Crippen LogP contribution in [-0.4, -0.2) is 106 Å². The first-order valence-corrected chi connectivity index (χ1v) is 12.4. The van der Waals surface area contributed by atoms with Gasteiger partial charge in [-0.15, -0.1) is 0 Å². The van der Waals surface area contributed by atoms with Crippen molar-refractivity contribution in [2.24, 2.45) is 0 Å². The summed E-state index contributed by atoms with van der Waals surface area (Å²) in [6.07, 6.45) is 3.02. The highest BCUT2D eigenvalue weighted by atomic mass is 35.5. The molecule has 2 amide bonds. The van der Waals surface area contributed by atoms with Crippen molar-refractivity contribution in [3.05, 3.63) is 22.7 Å². The lowest BCUT2D eigenvalue weighted by molar-refractivity contribution is -0.131. The Bertz CT molecular complexity index is 855. The minimum absolute atomic E-state index is 0.134. The third kappa shape index (κ3) is 6.97. The summed E-state index contributed by atoms with van der Waals surface area (Å²) >= 11 is 6.12. The van der Waals surface area contributed by atoms with E-state index >= 15 is 0 Å². The van der Waals surface area contributed by atoms with Crippen molar-refractivity contribution in [2.75, 3.05) is 72.8 Å². The lowest BCUT2D eigenvalue weighted by Crippen LogP contribution is -2.55. The lowest BCUT2D eigenvalue weighted by atomic mass is 10.0. The number of amides is 2. The average molecular weight is 496 g/mol. The smallest absolute Gasteiger partial charge is 0.255 e. The normalized spacial score (nSPS) is 22.3. The first-order valence-electron chi connectivity index (χ1n) is 12.0. The summed E-state index contributed by atoms with van der Waals surface area (Å²) in [7, 11) is 5.26. The monoisotopic (exact) mass is 495 g/mol. The molecule has 190 valence electrons. The fourth-order valence-corrected chi connectivity index (χ4v) is 4.82. The Morgan fingerprint density at radius 1 is 1.18 bits per heavy atom. The summed E-state index contributed by atoms with van der Waals surface area (Å²) in [5.41, 5.74) is 6.53. The number of piperidine rings is 1. The van der Waals surface area contributed by atoms with Gasteiger partial charge in [-0.25, -0.2) is 0 Å². The van der Waals surface area contributed by atoms with E-state index in [0.29, 0.717) is 35.0 Å². The van der Waals surface area contributed by atoms with Crippen molar-refractivity contribution in [3.63, 3.8) is 0 Å². The summed E-state index contributed by atoms with van der Waals surface area (Å²) in [5.74, 6) is 0.358. The molecule has 9 nitrogen and oxygen atoms in total. The van der Waals surface area contributed by atoms with E-state index in [4.69, 9.17) is 26.8 Å². The Morgan fingerprint density at radius 2 is 1.97 bits per heavy atom. The van der Waals surface area contributed by atoms with Crippen molar-refractivity contribution < 1.29 is 19.1 Å². The molecule has 2 aliphatic rings. The molecule has 0 bridgehead atoms. The van der Waals surface area contributed by atoms with Gasteiger partial charge in [0, 0.05) is 52.3 Å². The van der Waals surface area contributed by atoms with Crippen molar-refractivity contribution in [1.29, 1.82) is 0 Å². The van der Waals surface area contributed by atoms with Gasteiger partial charge in [0.2, 0.25) is 5.91 Å². The molecule has 2 atom stereocenters. The molecule has 0 saturated carbocycles. The van der Waals surface area contributed by atoms with E-state index in [1.165, 1.54) is 13.2 Å². The van der Waals surface area contributed by atoms with Gasteiger partial charge in [0.05, 0.1) is 35.5 Å². The number of hydrogen-bond acceptors (Lipinski definition) is 7. The second-order valence-electron chi connectivity index (χ2n) is 9.16. The van der Waals surface area contributed by atoms with Crippen LogP contribution in [0.3, 0.4) is 0 Å². The van der Waals surface area contributed by atoms with Crippen LogP contribution in [0, 0.1) is 0 Å². The van der Waals surface area contributed by atoms with Crippen LogP contribution >= 0.6 is 11.6 Å². The van der Waals surface area contributed by atoms with Crippen molar-refractivity contribution >= 4 is 29.1 Å². The number of carbonyl (C=O) groups is 2. The first kappa shape index (κ1) is 26.5. The lowest BCUT2D eigenvalue weighted by Gasteiger charge is -2.38. The molecule has 0 spiro atoms. The van der Waals surface area contributed by atoms with Crippen LogP contribution in [0.4, 0.5) is 5.69 Å². The van der Waals surface area contributed by atoms with Crippen molar-refractivity contribution in [1.82, 2.24) is 20.0 Å². The zero-order valence-electron chi connectivity index (χ0n) is 20.5. The molecule has 10 heteroatoms. The van der Waals surface area contributed by atoms with Gasteiger partial charge in [0.1, 0.15) is 5.75 Å². The molecule has 0 aliphatic carbocycles. The second-order valence-corrected chi connectivity index (χ2v) is 9.57. The summed E-state index contributed by atoms with van der Waals surface area (Å²) in [4.78, 5) is 32.1. The summed E-state index contributed by atoms with van der Waals surface area (Å²) in [5, 5.41) is 3.38. The van der Waals surface area contributed by atoms with Crippen LogP contribution in [0.5, 0.6) is 5.75 Å². The predicted molar refractivity (Wildman–Crippen MR) is 133 cm³/mol. The molecular weight excluding hydrogens is 458 g/mol. The number of halogens is 1. The van der Waals surface area contributed by atoms with Gasteiger partial charge >= 0.3 is 0 Å². The third-order valence-corrected chi connectivity index (χ3v) is 7.09. The molecule has 2 saturated heterocycles. The topological polar surface area (TPSA) is 100 Å². The number of methoxy groups -OCH3 is 2. The first-order chi connectivity index (χ1) is 16.3. The summed E-state index contributed by atoms with van der Waals surface area (Å²) in [6.45, 7) is 6.01. The molecule has 0 aromatic heterocycles. The Hall–Kier alpha value is -2.07. The molecular formula is C24H38ClN5O4. The van der Waals surface area contributed by atoms with E-state index in [-0.39, 0.29) is 24.0 Å². The Morgan fingerprint density at radius 3 is 2.71 bits per heavy atom. The van der Waals surface area contributed by atoms with Crippen LogP contribution in [0.15, 0.2) is 12.1 Å². The maximum Gasteiger partial charge on any atom is 0.255 e. The molecule has 2 aliphatic heterocycles. The van der Waals surface area contributed by atoms with E-state index in [1.54, 1.807) is 13.2 Å². The quantitative estimate of drug-likeness (QED) is 0.529. The number of rotatable bonds is 8. The Balaban J connectivity index is 1.48. The van der Waals surface area contributed by atoms with Gasteiger partial charge in [0.15, 0.2) is 0 Å². The number of nitrogen functional groups attached to an aromatic ring is 1. The number of nitrogens with one attached hydrogen (secondary N) is 1. The van der Waals surface area contributed by atoms with Crippen LogP contribution in [0.25, 0.3) is 0 Å². The third-order valence-electron chi connectivity index (χ3n) is 6.76. The molecule has 2 heterocycles. The number of hydrogen-bond donors (Lipinski definition) is 2. The maximum absolute atomic E-state index is 12.9. The highest BCUT2D eigenvalue weighted by Gasteiger charge is 2.31. The van der Waals surface area contributed by atoms with E-state index in [1.807, 2.05) is 4.90 Å². The predicted octanol–water partition coefficient (Wildman–Crippen LogP) is 1.69. The van der Waals surface area contributed by atoms with Crippen LogP contribution in [-0.2, 0) is 9.53 Å². The number of benzene rings is 1. The largest absolute Gasteiger partial charge is 0.496 e. The van der Waals surface area contributed by atoms with Crippen molar-refractivity contribution in [3.8, 4) is 5.75 Å². The van der Waals surface area contributed by atoms with Gasteiger partial charge in [-0.1, -0.05) is 11.6 Å². The number of likely N-dealkylation sites (tertiary alicyclic amines) is 1. The molecule has 3 N–H and O–H groups in total. The highest BCUT2D eigenvalue weighted by molar-refractivity contribution is 6.33. The number of anilines is 1. The number of ether oxygens (including phenoxy) is 2. The Kier molecular flexibility index (Phi) is 9.82. The molecule has 34 heavy (non-hydrogen) atoms. The number of carbonyl (C=O) groups excluding carboxylic acids is 2. The van der Waals surface area contributed by atoms with Gasteiger partial charge in [-0.3, -0.25) is 9.59 Å². The zero-order chi connectivity index (χ0) is 24.7. The van der Waals surface area contributed by atoms with E-state index < -0.39 is 0 Å². The van der Waals surface area contributed by atoms with E-state index in [2.05, 4.69) is 22.2 Å². The van der Waals surface area contributed by atoms with Crippen LogP contribution in [0.1, 0.15) is 36.0 Å². The zero-order valence-corrected chi connectivity index (χ0v) is 21.3. The molecule has 0 radical (unpaired) electrons. The fourth-order valence-electron chi connectivity index (χ4n) is 4.66. The van der Waals surface area contributed by atoms with Crippen LogP contribution < -0.4 is 15.8 Å². The maximum atomic E-state index is 12.9.